The first-order chi connectivity index (χ1) is 16.5. The molecule has 0 aliphatic carbocycles. The zero-order valence-electron chi connectivity index (χ0n) is 24.1. The topological polar surface area (TPSA) is 36.3 Å². The van der Waals surface area contributed by atoms with Crippen molar-refractivity contribution in [2.75, 3.05) is 12.8 Å². The fourth-order valence-electron chi connectivity index (χ4n) is 4.93. The molecule has 0 spiro atoms. The molecule has 2 atom stereocenters. The molecule has 0 aromatic carbocycles. The maximum atomic E-state index is 9.03. The summed E-state index contributed by atoms with van der Waals surface area (Å²) in [6.07, 6.45) is 24.7. The van der Waals surface area contributed by atoms with E-state index in [1.807, 2.05) is 0 Å². The van der Waals surface area contributed by atoms with Crippen molar-refractivity contribution in [2.24, 2.45) is 5.92 Å². The van der Waals surface area contributed by atoms with E-state index in [2.05, 4.69) is 52.3 Å². The zero-order valence-corrected chi connectivity index (χ0v) is 25.0. The predicted octanol–water partition coefficient (Wildman–Crippen LogP) is 10.6. The SMILES string of the molecule is CCCCCCCCCCC(CCCCCCCC)COP(CCCC#N)N(C(C)C)C(C)C. The molecule has 0 heterocycles. The van der Waals surface area contributed by atoms with Crippen molar-refractivity contribution in [3.8, 4) is 6.07 Å². The average Bonchev–Trinajstić information content (AvgIpc) is 2.80. The quantitative estimate of drug-likeness (QED) is 0.0931. The summed E-state index contributed by atoms with van der Waals surface area (Å²) in [5.41, 5.74) is 0. The molecule has 0 aliphatic rings. The molecule has 0 bridgehead atoms. The third kappa shape index (κ3) is 19.1. The van der Waals surface area contributed by atoms with Crippen molar-refractivity contribution < 1.29 is 4.52 Å². The number of hydrogen-bond donors (Lipinski definition) is 0. The van der Waals surface area contributed by atoms with Gasteiger partial charge in [0.2, 0.25) is 0 Å². The van der Waals surface area contributed by atoms with Gasteiger partial charge in [0.15, 0.2) is 0 Å². The summed E-state index contributed by atoms with van der Waals surface area (Å²) in [5, 5.41) is 9.03. The summed E-state index contributed by atoms with van der Waals surface area (Å²) in [7, 11) is -0.622. The van der Waals surface area contributed by atoms with E-state index in [9.17, 15) is 0 Å². The minimum Gasteiger partial charge on any atom is -0.343 e. The van der Waals surface area contributed by atoms with E-state index in [0.717, 1.165) is 19.2 Å². The van der Waals surface area contributed by atoms with Crippen LogP contribution < -0.4 is 0 Å². The molecule has 0 aromatic heterocycles. The standard InChI is InChI=1S/C30H61N2OP/c1-7-9-11-13-15-16-18-20-24-30(23-19-17-14-12-10-8-2)27-33-34(26-22-21-25-31)32(28(3)4)29(5)6/h28-30H,7-24,26-27H2,1-6H3. The van der Waals surface area contributed by atoms with Crippen molar-refractivity contribution in [1.29, 1.82) is 5.26 Å². The largest absolute Gasteiger partial charge is 0.343 e. The van der Waals surface area contributed by atoms with Crippen LogP contribution in [0.4, 0.5) is 0 Å². The van der Waals surface area contributed by atoms with Gasteiger partial charge in [0.25, 0.3) is 0 Å². The van der Waals surface area contributed by atoms with Gasteiger partial charge in [-0.1, -0.05) is 104 Å². The minimum absolute atomic E-state index is 0.484. The molecule has 0 amide bonds. The van der Waals surface area contributed by atoms with E-state index in [4.69, 9.17) is 9.79 Å². The molecule has 0 N–H and O–H groups in total. The summed E-state index contributed by atoms with van der Waals surface area (Å²) in [4.78, 5) is 0. The molecule has 4 heteroatoms. The van der Waals surface area contributed by atoms with Gasteiger partial charge in [-0.15, -0.1) is 0 Å². The van der Waals surface area contributed by atoms with Gasteiger partial charge in [-0.2, -0.15) is 5.26 Å². The Morgan fingerprint density at radius 3 is 1.53 bits per heavy atom. The van der Waals surface area contributed by atoms with Gasteiger partial charge in [0.05, 0.1) is 12.7 Å². The second-order valence-corrected chi connectivity index (χ2v) is 12.8. The second-order valence-electron chi connectivity index (χ2n) is 10.9. The molecule has 0 aliphatic heterocycles. The van der Waals surface area contributed by atoms with Gasteiger partial charge in [0, 0.05) is 24.7 Å². The number of nitriles is 1. The molecule has 3 nitrogen and oxygen atoms in total. The lowest BCUT2D eigenvalue weighted by Gasteiger charge is -2.38. The third-order valence-electron chi connectivity index (χ3n) is 6.84. The highest BCUT2D eigenvalue weighted by Crippen LogP contribution is 2.46. The Bertz CT molecular complexity index is 455. The first-order valence-electron chi connectivity index (χ1n) is 15.0. The lowest BCUT2D eigenvalue weighted by atomic mass is 9.95. The molecular weight excluding hydrogens is 435 g/mol. The number of unbranched alkanes of at least 4 members (excludes halogenated alkanes) is 13. The first-order valence-corrected chi connectivity index (χ1v) is 16.4. The first kappa shape index (κ1) is 33.8. The predicted molar refractivity (Wildman–Crippen MR) is 153 cm³/mol. The third-order valence-corrected chi connectivity index (χ3v) is 9.43. The lowest BCUT2D eigenvalue weighted by molar-refractivity contribution is 0.206. The number of rotatable bonds is 25. The Hall–Kier alpha value is -0.160. The van der Waals surface area contributed by atoms with Gasteiger partial charge in [-0.3, -0.25) is 4.67 Å². The maximum absolute atomic E-state index is 9.03. The highest BCUT2D eigenvalue weighted by Gasteiger charge is 2.26. The molecule has 0 saturated carbocycles. The van der Waals surface area contributed by atoms with Crippen LogP contribution in [0.1, 0.15) is 157 Å². The van der Waals surface area contributed by atoms with Crippen LogP contribution in [0.15, 0.2) is 0 Å². The Morgan fingerprint density at radius 1 is 0.676 bits per heavy atom. The Labute approximate surface area is 216 Å². The maximum Gasteiger partial charge on any atom is 0.104 e. The highest BCUT2D eigenvalue weighted by atomic mass is 31.2. The fraction of sp³-hybridized carbons (Fsp3) is 0.967. The molecule has 2 unspecified atom stereocenters. The molecule has 0 fully saturated rings. The van der Waals surface area contributed by atoms with Crippen LogP contribution in [0.2, 0.25) is 0 Å². The molecule has 34 heavy (non-hydrogen) atoms. The fourth-order valence-corrected chi connectivity index (χ4v) is 7.27. The van der Waals surface area contributed by atoms with Gasteiger partial charge in [0.1, 0.15) is 8.30 Å². The molecule has 0 aromatic rings. The van der Waals surface area contributed by atoms with E-state index in [-0.39, 0.29) is 0 Å². The van der Waals surface area contributed by atoms with E-state index in [1.165, 1.54) is 103 Å². The van der Waals surface area contributed by atoms with E-state index in [0.29, 0.717) is 24.4 Å². The van der Waals surface area contributed by atoms with Crippen molar-refractivity contribution in [3.63, 3.8) is 0 Å². The van der Waals surface area contributed by atoms with Crippen LogP contribution in [0.25, 0.3) is 0 Å². The van der Waals surface area contributed by atoms with Crippen LogP contribution in [0, 0.1) is 17.2 Å². The summed E-state index contributed by atoms with van der Waals surface area (Å²) in [5.74, 6) is 0.702. The molecule has 202 valence electrons. The van der Waals surface area contributed by atoms with Crippen molar-refractivity contribution in [3.05, 3.63) is 0 Å². The van der Waals surface area contributed by atoms with Gasteiger partial charge in [-0.25, -0.2) is 0 Å². The average molecular weight is 497 g/mol. The van der Waals surface area contributed by atoms with E-state index in [1.54, 1.807) is 0 Å². The second kappa shape index (κ2) is 24.5. The van der Waals surface area contributed by atoms with Gasteiger partial charge >= 0.3 is 0 Å². The summed E-state index contributed by atoms with van der Waals surface area (Å²) >= 11 is 0. The number of nitrogens with zero attached hydrogens (tertiary/aromatic N) is 2. The van der Waals surface area contributed by atoms with E-state index < -0.39 is 8.30 Å². The molecule has 0 radical (unpaired) electrons. The lowest BCUT2D eigenvalue weighted by Crippen LogP contribution is -2.34. The van der Waals surface area contributed by atoms with Crippen molar-refractivity contribution >= 4 is 8.30 Å². The molecule has 0 saturated heterocycles. The van der Waals surface area contributed by atoms with Crippen LogP contribution >= 0.6 is 8.30 Å². The van der Waals surface area contributed by atoms with Crippen LogP contribution in [-0.4, -0.2) is 29.5 Å². The van der Waals surface area contributed by atoms with E-state index >= 15 is 0 Å². The summed E-state index contributed by atoms with van der Waals surface area (Å²) in [6, 6.07) is 3.29. The van der Waals surface area contributed by atoms with Gasteiger partial charge in [-0.05, 0) is 52.9 Å². The smallest absolute Gasteiger partial charge is 0.104 e. The highest BCUT2D eigenvalue weighted by molar-refractivity contribution is 7.50. The number of hydrogen-bond acceptors (Lipinski definition) is 3. The monoisotopic (exact) mass is 496 g/mol. The Morgan fingerprint density at radius 2 is 1.12 bits per heavy atom. The summed E-state index contributed by atoms with van der Waals surface area (Å²) in [6.45, 7) is 14.7. The Kier molecular flexibility index (Phi) is 24.4. The van der Waals surface area contributed by atoms with Gasteiger partial charge < -0.3 is 4.52 Å². The molecular formula is C30H61N2OP. The molecule has 0 rings (SSSR count). The Balaban J connectivity index is 4.71. The zero-order chi connectivity index (χ0) is 25.4. The van der Waals surface area contributed by atoms with Crippen LogP contribution in [0.3, 0.4) is 0 Å². The van der Waals surface area contributed by atoms with Crippen LogP contribution in [0.5, 0.6) is 0 Å². The summed E-state index contributed by atoms with van der Waals surface area (Å²) < 4.78 is 9.31. The minimum atomic E-state index is -0.622. The van der Waals surface area contributed by atoms with Crippen molar-refractivity contribution in [2.45, 2.75) is 169 Å². The van der Waals surface area contributed by atoms with Crippen LogP contribution in [-0.2, 0) is 4.52 Å². The normalized spacial score (nSPS) is 13.6. The van der Waals surface area contributed by atoms with Crippen molar-refractivity contribution in [1.82, 2.24) is 4.67 Å².